The molecule has 1 saturated heterocycles. The number of carboxylic acids is 1. The van der Waals surface area contributed by atoms with Gasteiger partial charge in [-0.25, -0.2) is 4.79 Å². The van der Waals surface area contributed by atoms with E-state index in [0.29, 0.717) is 25.1 Å². The first-order chi connectivity index (χ1) is 15.1. The Morgan fingerprint density at radius 2 is 1.88 bits per heavy atom. The fourth-order valence-corrected chi connectivity index (χ4v) is 5.09. The fraction of sp³-hybridized carbons (Fsp3) is 0.440. The molecule has 1 aliphatic heterocycles. The third-order valence-corrected chi connectivity index (χ3v) is 6.96. The van der Waals surface area contributed by atoms with Crippen molar-refractivity contribution in [3.05, 3.63) is 59.7 Å². The van der Waals surface area contributed by atoms with Gasteiger partial charge < -0.3 is 20.5 Å². The third-order valence-electron chi connectivity index (χ3n) is 5.59. The number of carbonyl (C=O) groups excluding carboxylic acids is 1. The quantitative estimate of drug-likeness (QED) is 0.585. The van der Waals surface area contributed by atoms with Gasteiger partial charge in [0.1, 0.15) is 22.9 Å². The minimum atomic E-state index is -1.00. The van der Waals surface area contributed by atoms with Gasteiger partial charge in [0.25, 0.3) is 0 Å². The van der Waals surface area contributed by atoms with Crippen LogP contribution in [0.1, 0.15) is 57.0 Å². The third kappa shape index (κ3) is 5.45. The topological polar surface area (TPSA) is 92.9 Å². The lowest BCUT2D eigenvalue weighted by Gasteiger charge is -2.30. The molecule has 0 radical (unpaired) electrons. The molecule has 6 nitrogen and oxygen atoms in total. The van der Waals surface area contributed by atoms with Crippen LogP contribution in [-0.4, -0.2) is 39.7 Å². The van der Waals surface area contributed by atoms with Crippen LogP contribution in [0.3, 0.4) is 0 Å². The molecule has 0 bridgehead atoms. The van der Waals surface area contributed by atoms with Gasteiger partial charge in [0.2, 0.25) is 5.91 Å². The summed E-state index contributed by atoms with van der Waals surface area (Å²) < 4.78 is 6.06. The largest absolute Gasteiger partial charge is 0.480 e. The Morgan fingerprint density at radius 3 is 2.47 bits per heavy atom. The lowest BCUT2D eigenvalue weighted by Crippen LogP contribution is -2.44. The Bertz CT molecular complexity index is 955. The van der Waals surface area contributed by atoms with Crippen molar-refractivity contribution in [2.75, 3.05) is 6.54 Å². The van der Waals surface area contributed by atoms with Crippen molar-refractivity contribution in [2.24, 2.45) is 5.73 Å². The number of thioether (sulfide) groups is 1. The molecule has 1 amide bonds. The Balaban J connectivity index is 1.85. The molecule has 32 heavy (non-hydrogen) atoms. The van der Waals surface area contributed by atoms with Gasteiger partial charge in [-0.05, 0) is 67.1 Å². The summed E-state index contributed by atoms with van der Waals surface area (Å²) in [5.41, 5.74) is 7.72. The van der Waals surface area contributed by atoms with Crippen LogP contribution in [-0.2, 0) is 15.0 Å². The molecule has 2 unspecified atom stereocenters. The number of aliphatic carboxylic acids is 1. The predicted octanol–water partition coefficient (Wildman–Crippen LogP) is 4.93. The second-order valence-corrected chi connectivity index (χ2v) is 10.5. The van der Waals surface area contributed by atoms with Crippen LogP contribution in [0.25, 0.3) is 0 Å². The van der Waals surface area contributed by atoms with Crippen molar-refractivity contribution in [1.82, 2.24) is 4.90 Å². The summed E-state index contributed by atoms with van der Waals surface area (Å²) in [6.45, 7) is 8.70. The molecule has 7 heteroatoms. The van der Waals surface area contributed by atoms with Crippen LogP contribution >= 0.6 is 11.8 Å². The molecule has 1 aliphatic rings. The first-order valence-corrected chi connectivity index (χ1v) is 11.8. The number of rotatable bonds is 8. The Labute approximate surface area is 194 Å². The lowest BCUT2D eigenvalue weighted by molar-refractivity contribution is -0.150. The zero-order valence-corrected chi connectivity index (χ0v) is 19.9. The summed E-state index contributed by atoms with van der Waals surface area (Å²) in [5.74, 6) is 0.209. The minimum Gasteiger partial charge on any atom is -0.480 e. The fourth-order valence-electron chi connectivity index (χ4n) is 3.78. The first kappa shape index (κ1) is 24.1. The van der Waals surface area contributed by atoms with Gasteiger partial charge in [0, 0.05) is 0 Å². The first-order valence-electron chi connectivity index (χ1n) is 10.9. The highest BCUT2D eigenvalue weighted by molar-refractivity contribution is 8.01. The average Bonchev–Trinajstić information content (AvgIpc) is 3.03. The zero-order valence-electron chi connectivity index (χ0n) is 19.1. The van der Waals surface area contributed by atoms with Crippen LogP contribution in [0.15, 0.2) is 48.5 Å². The van der Waals surface area contributed by atoms with E-state index in [1.807, 2.05) is 43.3 Å². The highest BCUT2D eigenvalue weighted by atomic mass is 32.2. The van der Waals surface area contributed by atoms with E-state index in [-0.39, 0.29) is 21.9 Å². The summed E-state index contributed by atoms with van der Waals surface area (Å²) in [5, 5.41) is 9.09. The van der Waals surface area contributed by atoms with Crippen molar-refractivity contribution >= 4 is 23.6 Å². The Morgan fingerprint density at radius 1 is 1.19 bits per heavy atom. The van der Waals surface area contributed by atoms with Gasteiger partial charge in [-0.1, -0.05) is 45.0 Å². The van der Waals surface area contributed by atoms with Crippen LogP contribution < -0.4 is 10.5 Å². The molecule has 0 aromatic heterocycles. The monoisotopic (exact) mass is 456 g/mol. The number of benzene rings is 2. The number of carbonyl (C=O) groups is 2. The van der Waals surface area contributed by atoms with Gasteiger partial charge in [-0.15, -0.1) is 11.8 Å². The van der Waals surface area contributed by atoms with Gasteiger partial charge >= 0.3 is 5.97 Å². The number of ether oxygens (including phenoxy) is 1. The van der Waals surface area contributed by atoms with Gasteiger partial charge in [-0.3, -0.25) is 4.79 Å². The molecule has 1 heterocycles. The molecular weight excluding hydrogens is 424 g/mol. The van der Waals surface area contributed by atoms with E-state index in [2.05, 4.69) is 32.9 Å². The highest BCUT2D eigenvalue weighted by Crippen LogP contribution is 2.45. The molecule has 0 saturated carbocycles. The van der Waals surface area contributed by atoms with E-state index in [1.165, 1.54) is 22.2 Å². The summed E-state index contributed by atoms with van der Waals surface area (Å²) in [6.07, 6.45) is 0.873. The number of carboxylic acid groups (broad SMARTS) is 1. The van der Waals surface area contributed by atoms with Gasteiger partial charge in [0.05, 0.1) is 5.25 Å². The van der Waals surface area contributed by atoms with Crippen LogP contribution in [0, 0.1) is 0 Å². The molecule has 3 atom stereocenters. The standard InChI is InChI=1S/C25H32N2O4S/c1-16-22(28)27(21(24(29)30)9-6-14-26)23(32-16)17-7-5-8-20(15-17)31-19-12-10-18(11-13-19)25(2,3)4/h5,7-8,10-13,15-16,21,23H,6,9,14,26H2,1-4H3,(H,29,30)/t16?,21-,23?/m0/s1. The van der Waals surface area contributed by atoms with Gasteiger partial charge in [0.15, 0.2) is 0 Å². The molecule has 0 aliphatic carbocycles. The number of hydrogen-bond acceptors (Lipinski definition) is 5. The Hall–Kier alpha value is -2.51. The van der Waals surface area contributed by atoms with Crippen LogP contribution in [0.2, 0.25) is 0 Å². The zero-order chi connectivity index (χ0) is 23.5. The highest BCUT2D eigenvalue weighted by Gasteiger charge is 2.44. The molecule has 2 aromatic rings. The van der Waals surface area contributed by atoms with Crippen LogP contribution in [0.4, 0.5) is 0 Å². The number of hydrogen-bond donors (Lipinski definition) is 2. The van der Waals surface area contributed by atoms with Gasteiger partial charge in [-0.2, -0.15) is 0 Å². The van der Waals surface area contributed by atoms with E-state index in [9.17, 15) is 14.7 Å². The average molecular weight is 457 g/mol. The maximum atomic E-state index is 12.9. The van der Waals surface area contributed by atoms with Crippen molar-refractivity contribution in [1.29, 1.82) is 0 Å². The van der Waals surface area contributed by atoms with E-state index in [0.717, 1.165) is 11.3 Å². The van der Waals surface area contributed by atoms with Crippen LogP contribution in [0.5, 0.6) is 11.5 Å². The second-order valence-electron chi connectivity index (χ2n) is 9.11. The minimum absolute atomic E-state index is 0.0649. The maximum Gasteiger partial charge on any atom is 0.326 e. The molecule has 3 rings (SSSR count). The molecule has 1 fully saturated rings. The molecule has 3 N–H and O–H groups in total. The normalized spacial score (nSPS) is 19.8. The summed E-state index contributed by atoms with van der Waals surface area (Å²) >= 11 is 1.46. The Kier molecular flexibility index (Phi) is 7.51. The van der Waals surface area contributed by atoms with E-state index in [4.69, 9.17) is 10.5 Å². The summed E-state index contributed by atoms with van der Waals surface area (Å²) in [4.78, 5) is 26.3. The van der Waals surface area contributed by atoms with Crippen molar-refractivity contribution in [2.45, 2.75) is 62.6 Å². The summed E-state index contributed by atoms with van der Waals surface area (Å²) in [6, 6.07) is 14.6. The SMILES string of the molecule is CC1SC(c2cccc(Oc3ccc(C(C)(C)C)cc3)c2)N([C@@H](CCCN)C(=O)O)C1=O. The van der Waals surface area contributed by atoms with E-state index in [1.54, 1.807) is 0 Å². The smallest absolute Gasteiger partial charge is 0.326 e. The second kappa shape index (κ2) is 9.96. The number of nitrogens with zero attached hydrogens (tertiary/aromatic N) is 1. The van der Waals surface area contributed by atoms with E-state index < -0.39 is 12.0 Å². The number of nitrogens with two attached hydrogens (primary N) is 1. The molecule has 172 valence electrons. The van der Waals surface area contributed by atoms with Crippen molar-refractivity contribution in [3.8, 4) is 11.5 Å². The molecule has 2 aromatic carbocycles. The van der Waals surface area contributed by atoms with E-state index >= 15 is 0 Å². The molecular formula is C25H32N2O4S. The summed E-state index contributed by atoms with van der Waals surface area (Å²) in [7, 11) is 0. The van der Waals surface area contributed by atoms with Crippen molar-refractivity contribution in [3.63, 3.8) is 0 Å². The maximum absolute atomic E-state index is 12.9. The van der Waals surface area contributed by atoms with Crippen molar-refractivity contribution < 1.29 is 19.4 Å². The molecule has 0 spiro atoms. The predicted molar refractivity (Wildman–Crippen MR) is 128 cm³/mol. The number of amides is 1. The lowest BCUT2D eigenvalue weighted by atomic mass is 9.87.